The molecule has 3 fully saturated rings. The maximum Gasteiger partial charge on any atom is 0.225 e. The van der Waals surface area contributed by atoms with Gasteiger partial charge in [0.1, 0.15) is 5.82 Å². The second-order valence-corrected chi connectivity index (χ2v) is 8.81. The van der Waals surface area contributed by atoms with Gasteiger partial charge in [-0.15, -0.1) is 24.0 Å². The highest BCUT2D eigenvalue weighted by atomic mass is 127. The predicted molar refractivity (Wildman–Crippen MR) is 136 cm³/mol. The second kappa shape index (κ2) is 11.9. The van der Waals surface area contributed by atoms with Gasteiger partial charge in [-0.3, -0.25) is 4.79 Å². The van der Waals surface area contributed by atoms with Gasteiger partial charge in [0.15, 0.2) is 5.96 Å². The monoisotopic (exact) mass is 540 g/mol. The number of nitrogens with one attached hydrogen (secondary N) is 2. The normalized spacial score (nSPS) is 22.0. The largest absolute Gasteiger partial charge is 0.357 e. The van der Waals surface area contributed by atoms with E-state index in [1.165, 1.54) is 31.2 Å². The van der Waals surface area contributed by atoms with Crippen molar-refractivity contribution in [2.75, 3.05) is 37.6 Å². The first kappa shape index (κ1) is 24.1. The molecule has 3 aliphatic rings. The molecule has 1 atom stereocenters. The fourth-order valence-corrected chi connectivity index (χ4v) is 4.87. The number of guanidine groups is 1. The Hall–Kier alpha value is -1.58. The third-order valence-corrected chi connectivity index (χ3v) is 6.55. The number of rotatable bonds is 6. The summed E-state index contributed by atoms with van der Waals surface area (Å²) in [4.78, 5) is 26.5. The Morgan fingerprint density at radius 1 is 1.16 bits per heavy atom. The summed E-state index contributed by atoms with van der Waals surface area (Å²) in [6, 6.07) is 4.48. The summed E-state index contributed by atoms with van der Waals surface area (Å²) in [5.41, 5.74) is 1.17. The van der Waals surface area contributed by atoms with Crippen LogP contribution < -0.4 is 15.5 Å². The zero-order valence-corrected chi connectivity index (χ0v) is 21.0. The standard InChI is InChI=1S/C23H36N6O.HI/c1-2-24-23(26-16-18-9-11-25-21(15-18)28-12-5-6-13-28)27-20-10-14-29(17-20)22(30)19-7-3-4-8-19;/h9,11,15,19-20H,2-8,10,12-14,16-17H2,1H3,(H2,24,26,27);1H. The van der Waals surface area contributed by atoms with Crippen LogP contribution in [0.2, 0.25) is 0 Å². The van der Waals surface area contributed by atoms with Crippen molar-refractivity contribution in [2.45, 2.75) is 64.5 Å². The van der Waals surface area contributed by atoms with Crippen LogP contribution in [0.1, 0.15) is 57.4 Å². The van der Waals surface area contributed by atoms with Crippen molar-refractivity contribution in [3.63, 3.8) is 0 Å². The lowest BCUT2D eigenvalue weighted by atomic mass is 10.1. The third kappa shape index (κ3) is 6.46. The van der Waals surface area contributed by atoms with Crippen LogP contribution >= 0.6 is 24.0 Å². The van der Waals surface area contributed by atoms with Crippen LogP contribution in [0.15, 0.2) is 23.3 Å². The Labute approximate surface area is 203 Å². The fraction of sp³-hybridized carbons (Fsp3) is 0.696. The number of aromatic nitrogens is 1. The molecule has 2 aliphatic heterocycles. The van der Waals surface area contributed by atoms with Gasteiger partial charge in [0.2, 0.25) is 5.91 Å². The van der Waals surface area contributed by atoms with Crippen molar-refractivity contribution in [1.82, 2.24) is 20.5 Å². The number of amides is 1. The summed E-state index contributed by atoms with van der Waals surface area (Å²) < 4.78 is 0. The lowest BCUT2D eigenvalue weighted by Gasteiger charge is -2.21. The number of hydrogen-bond donors (Lipinski definition) is 2. The smallest absolute Gasteiger partial charge is 0.225 e. The summed E-state index contributed by atoms with van der Waals surface area (Å²) in [5.74, 6) is 2.53. The zero-order valence-electron chi connectivity index (χ0n) is 18.7. The topological polar surface area (TPSA) is 72.9 Å². The molecule has 1 aliphatic carbocycles. The first-order valence-corrected chi connectivity index (χ1v) is 11.8. The molecule has 31 heavy (non-hydrogen) atoms. The van der Waals surface area contributed by atoms with Crippen molar-refractivity contribution >= 4 is 41.7 Å². The number of hydrogen-bond acceptors (Lipinski definition) is 4. The molecule has 7 nitrogen and oxygen atoms in total. The van der Waals surface area contributed by atoms with E-state index < -0.39 is 0 Å². The number of carbonyl (C=O) groups excluding carboxylic acids is 1. The molecule has 8 heteroatoms. The molecule has 1 unspecified atom stereocenters. The Kier molecular flexibility index (Phi) is 9.22. The first-order valence-electron chi connectivity index (χ1n) is 11.8. The van der Waals surface area contributed by atoms with Crippen LogP contribution in [-0.4, -0.2) is 60.5 Å². The molecule has 4 rings (SSSR count). The fourth-order valence-electron chi connectivity index (χ4n) is 4.87. The molecule has 2 N–H and O–H groups in total. The Morgan fingerprint density at radius 2 is 1.94 bits per heavy atom. The molecular weight excluding hydrogens is 503 g/mol. The van der Waals surface area contributed by atoms with Gasteiger partial charge in [0, 0.05) is 50.9 Å². The lowest BCUT2D eigenvalue weighted by molar-refractivity contribution is -0.134. The minimum atomic E-state index is 0. The Balaban J connectivity index is 0.00000272. The summed E-state index contributed by atoms with van der Waals surface area (Å²) in [6.45, 7) is 7.36. The van der Waals surface area contributed by atoms with Crippen LogP contribution in [0.25, 0.3) is 0 Å². The molecule has 1 amide bonds. The molecule has 3 heterocycles. The zero-order chi connectivity index (χ0) is 20.8. The van der Waals surface area contributed by atoms with Crippen molar-refractivity contribution in [3.05, 3.63) is 23.9 Å². The number of aliphatic imine (C=N–C) groups is 1. The van der Waals surface area contributed by atoms with Gasteiger partial charge in [0.05, 0.1) is 6.54 Å². The van der Waals surface area contributed by atoms with Gasteiger partial charge in [-0.2, -0.15) is 0 Å². The maximum absolute atomic E-state index is 12.7. The number of nitrogens with zero attached hydrogens (tertiary/aromatic N) is 4. The first-order chi connectivity index (χ1) is 14.7. The average molecular weight is 540 g/mol. The second-order valence-electron chi connectivity index (χ2n) is 8.81. The van der Waals surface area contributed by atoms with E-state index in [-0.39, 0.29) is 35.9 Å². The maximum atomic E-state index is 12.7. The third-order valence-electron chi connectivity index (χ3n) is 6.55. The molecule has 1 saturated carbocycles. The van der Waals surface area contributed by atoms with Gasteiger partial charge in [-0.05, 0) is 56.7 Å². The minimum Gasteiger partial charge on any atom is -0.357 e. The predicted octanol–water partition coefficient (Wildman–Crippen LogP) is 3.15. The molecule has 0 spiro atoms. The Morgan fingerprint density at radius 3 is 2.68 bits per heavy atom. The number of anilines is 1. The molecule has 172 valence electrons. The molecule has 0 radical (unpaired) electrons. The lowest BCUT2D eigenvalue weighted by Crippen LogP contribution is -2.45. The minimum absolute atomic E-state index is 0. The summed E-state index contributed by atoms with van der Waals surface area (Å²) in [6.07, 6.45) is 9.93. The highest BCUT2D eigenvalue weighted by Crippen LogP contribution is 2.27. The molecule has 2 saturated heterocycles. The quantitative estimate of drug-likeness (QED) is 0.330. The SMILES string of the molecule is CCNC(=NCc1ccnc(N2CCCC2)c1)NC1CCN(C(=O)C2CCCC2)C1.I. The number of carbonyl (C=O) groups is 1. The van der Waals surface area contributed by atoms with Gasteiger partial charge in [-0.1, -0.05) is 12.8 Å². The van der Waals surface area contributed by atoms with Gasteiger partial charge in [0.25, 0.3) is 0 Å². The van der Waals surface area contributed by atoms with Crippen LogP contribution in [-0.2, 0) is 11.3 Å². The number of halogens is 1. The van der Waals surface area contributed by atoms with E-state index in [1.54, 1.807) is 0 Å². The van der Waals surface area contributed by atoms with Crippen molar-refractivity contribution < 1.29 is 4.79 Å². The molecular formula is C23H37IN6O. The van der Waals surface area contributed by atoms with E-state index in [1.807, 2.05) is 12.3 Å². The van der Waals surface area contributed by atoms with Gasteiger partial charge < -0.3 is 20.4 Å². The average Bonchev–Trinajstić information content (AvgIpc) is 3.55. The summed E-state index contributed by atoms with van der Waals surface area (Å²) in [7, 11) is 0. The van der Waals surface area contributed by atoms with Crippen LogP contribution in [0.4, 0.5) is 5.82 Å². The van der Waals surface area contributed by atoms with E-state index in [0.29, 0.717) is 12.5 Å². The summed E-state index contributed by atoms with van der Waals surface area (Å²) >= 11 is 0. The van der Waals surface area contributed by atoms with Gasteiger partial charge in [-0.25, -0.2) is 9.98 Å². The van der Waals surface area contributed by atoms with Crippen molar-refractivity contribution in [2.24, 2.45) is 10.9 Å². The van der Waals surface area contributed by atoms with Crippen LogP contribution in [0.3, 0.4) is 0 Å². The number of pyridine rings is 1. The van der Waals surface area contributed by atoms with Crippen LogP contribution in [0.5, 0.6) is 0 Å². The Bertz CT molecular complexity index is 745. The van der Waals surface area contributed by atoms with E-state index in [9.17, 15) is 4.79 Å². The highest BCUT2D eigenvalue weighted by Gasteiger charge is 2.32. The summed E-state index contributed by atoms with van der Waals surface area (Å²) in [5, 5.41) is 6.91. The van der Waals surface area contributed by atoms with E-state index in [4.69, 9.17) is 4.99 Å². The number of likely N-dealkylation sites (tertiary alicyclic amines) is 1. The van der Waals surface area contributed by atoms with E-state index in [0.717, 1.165) is 63.8 Å². The molecule has 0 bridgehead atoms. The van der Waals surface area contributed by atoms with E-state index in [2.05, 4.69) is 38.4 Å². The molecule has 1 aromatic rings. The van der Waals surface area contributed by atoms with Crippen LogP contribution in [0, 0.1) is 5.92 Å². The van der Waals surface area contributed by atoms with Crippen molar-refractivity contribution in [1.29, 1.82) is 0 Å². The van der Waals surface area contributed by atoms with E-state index >= 15 is 0 Å². The molecule has 0 aromatic carbocycles. The van der Waals surface area contributed by atoms with Gasteiger partial charge >= 0.3 is 0 Å². The highest BCUT2D eigenvalue weighted by molar-refractivity contribution is 14.0. The molecule has 1 aromatic heterocycles. The van der Waals surface area contributed by atoms with Crippen molar-refractivity contribution in [3.8, 4) is 0 Å².